The normalized spacial score (nSPS) is 18.4. The minimum absolute atomic E-state index is 0.0795. The summed E-state index contributed by atoms with van der Waals surface area (Å²) in [6, 6.07) is 9.04. The molecule has 0 aliphatic carbocycles. The molecule has 0 atom stereocenters. The number of anilines is 1. The number of aliphatic imine (C=N–C) groups is 1. The molecule has 0 spiro atoms. The first-order valence-corrected chi connectivity index (χ1v) is 10.1. The molecule has 152 valence electrons. The Morgan fingerprint density at radius 3 is 2.64 bits per heavy atom. The minimum atomic E-state index is 0.0795. The third-order valence-electron chi connectivity index (χ3n) is 5.35. The lowest BCUT2D eigenvalue weighted by molar-refractivity contribution is -0.122. The fraction of sp³-hybridized carbons (Fsp3) is 0.524. The van der Waals surface area contributed by atoms with E-state index in [4.69, 9.17) is 0 Å². The van der Waals surface area contributed by atoms with Gasteiger partial charge in [-0.25, -0.2) is 0 Å². The highest BCUT2D eigenvalue weighted by atomic mass is 16.1. The maximum Gasteiger partial charge on any atom is 0.233 e. The fourth-order valence-electron chi connectivity index (χ4n) is 3.64. The first kappa shape index (κ1) is 20.2. The molecule has 2 aliphatic rings. The molecule has 0 aromatic heterocycles. The molecular weight excluding hydrogens is 352 g/mol. The van der Waals surface area contributed by atoms with Crippen LogP contribution in [-0.2, 0) is 11.3 Å². The lowest BCUT2D eigenvalue weighted by Gasteiger charge is -2.32. The molecule has 0 unspecified atom stereocenters. The Hall–Kier alpha value is -2.54. The lowest BCUT2D eigenvalue weighted by Crippen LogP contribution is -2.49. The van der Waals surface area contributed by atoms with Gasteiger partial charge >= 0.3 is 0 Å². The van der Waals surface area contributed by atoms with Gasteiger partial charge in [0.15, 0.2) is 5.96 Å². The third-order valence-corrected chi connectivity index (χ3v) is 5.35. The Kier molecular flexibility index (Phi) is 7.31. The highest BCUT2D eigenvalue weighted by Crippen LogP contribution is 2.18. The van der Waals surface area contributed by atoms with Crippen molar-refractivity contribution in [3.05, 3.63) is 42.0 Å². The van der Waals surface area contributed by atoms with E-state index in [0.717, 1.165) is 51.5 Å². The van der Waals surface area contributed by atoms with Crippen LogP contribution in [0.2, 0.25) is 0 Å². The largest absolute Gasteiger partial charge is 0.364 e. The number of hydrogen-bond donors (Lipinski definition) is 3. The van der Waals surface area contributed by atoms with E-state index < -0.39 is 0 Å². The molecule has 2 heterocycles. The van der Waals surface area contributed by atoms with Crippen molar-refractivity contribution in [2.24, 2.45) is 4.99 Å². The van der Waals surface area contributed by atoms with Gasteiger partial charge in [-0.3, -0.25) is 14.7 Å². The number of nitrogens with one attached hydrogen (secondary N) is 3. The van der Waals surface area contributed by atoms with Crippen LogP contribution in [0, 0.1) is 0 Å². The van der Waals surface area contributed by atoms with Gasteiger partial charge in [0.2, 0.25) is 5.91 Å². The second kappa shape index (κ2) is 10.1. The second-order valence-corrected chi connectivity index (χ2v) is 7.34. The van der Waals surface area contributed by atoms with Crippen molar-refractivity contribution in [1.29, 1.82) is 0 Å². The molecule has 0 saturated carbocycles. The number of carbonyl (C=O) groups is 1. The number of rotatable bonds is 6. The van der Waals surface area contributed by atoms with Crippen molar-refractivity contribution < 1.29 is 4.79 Å². The number of benzene rings is 1. The van der Waals surface area contributed by atoms with Gasteiger partial charge in [-0.2, -0.15) is 0 Å². The Balaban J connectivity index is 1.44. The third kappa shape index (κ3) is 5.73. The van der Waals surface area contributed by atoms with E-state index in [1.165, 1.54) is 11.3 Å². The van der Waals surface area contributed by atoms with E-state index in [-0.39, 0.29) is 5.91 Å². The highest BCUT2D eigenvalue weighted by Gasteiger charge is 2.21. The summed E-state index contributed by atoms with van der Waals surface area (Å²) in [7, 11) is 3.49. The summed E-state index contributed by atoms with van der Waals surface area (Å²) in [4.78, 5) is 20.4. The van der Waals surface area contributed by atoms with E-state index in [1.54, 1.807) is 7.05 Å². The van der Waals surface area contributed by atoms with Gasteiger partial charge < -0.3 is 20.9 Å². The molecule has 3 N–H and O–H groups in total. The topological polar surface area (TPSA) is 72.0 Å². The van der Waals surface area contributed by atoms with Crippen LogP contribution in [-0.4, -0.2) is 69.6 Å². The lowest BCUT2D eigenvalue weighted by atomic mass is 10.1. The van der Waals surface area contributed by atoms with Crippen LogP contribution >= 0.6 is 0 Å². The molecule has 1 fully saturated rings. The molecule has 0 bridgehead atoms. The number of nitrogens with zero attached hydrogens (tertiary/aromatic N) is 3. The number of piperidine rings is 1. The summed E-state index contributed by atoms with van der Waals surface area (Å²) in [5, 5.41) is 9.64. The van der Waals surface area contributed by atoms with Gasteiger partial charge in [0, 0.05) is 58.5 Å². The van der Waals surface area contributed by atoms with E-state index in [9.17, 15) is 4.79 Å². The van der Waals surface area contributed by atoms with Crippen molar-refractivity contribution in [2.75, 3.05) is 51.7 Å². The zero-order valence-corrected chi connectivity index (χ0v) is 16.9. The summed E-state index contributed by atoms with van der Waals surface area (Å²) >= 11 is 0. The van der Waals surface area contributed by atoms with Gasteiger partial charge in [0.05, 0.1) is 6.54 Å². The van der Waals surface area contributed by atoms with Gasteiger partial charge in [0.25, 0.3) is 0 Å². The first-order valence-electron chi connectivity index (χ1n) is 10.1. The van der Waals surface area contributed by atoms with E-state index in [1.807, 2.05) is 7.05 Å². The average Bonchev–Trinajstić information content (AvgIpc) is 3.27. The predicted octanol–water partition coefficient (Wildman–Crippen LogP) is 0.938. The van der Waals surface area contributed by atoms with Crippen molar-refractivity contribution >= 4 is 17.6 Å². The van der Waals surface area contributed by atoms with E-state index >= 15 is 0 Å². The molecule has 1 amide bonds. The number of amides is 1. The molecule has 2 aliphatic heterocycles. The Morgan fingerprint density at radius 2 is 1.96 bits per heavy atom. The second-order valence-electron chi connectivity index (χ2n) is 7.34. The number of carbonyl (C=O) groups excluding carboxylic acids is 1. The maximum absolute atomic E-state index is 11.5. The van der Waals surface area contributed by atoms with Gasteiger partial charge in [-0.05, 0) is 30.5 Å². The number of hydrogen-bond acceptors (Lipinski definition) is 4. The Labute approximate surface area is 167 Å². The number of likely N-dealkylation sites (N-methyl/N-ethyl adjacent to an activating group) is 1. The predicted molar refractivity (Wildman–Crippen MR) is 115 cm³/mol. The number of guanidine groups is 1. The quantitative estimate of drug-likeness (QED) is 0.387. The van der Waals surface area contributed by atoms with E-state index in [2.05, 4.69) is 67.2 Å². The van der Waals surface area contributed by atoms with Gasteiger partial charge in [-0.1, -0.05) is 24.3 Å². The molecular formula is C21H32N6O. The first-order chi connectivity index (χ1) is 13.7. The maximum atomic E-state index is 11.5. The monoisotopic (exact) mass is 384 g/mol. The minimum Gasteiger partial charge on any atom is -0.364 e. The Bertz CT molecular complexity index is 701. The number of likely N-dealkylation sites (tertiary alicyclic amines) is 1. The fourth-order valence-corrected chi connectivity index (χ4v) is 3.64. The summed E-state index contributed by atoms with van der Waals surface area (Å²) in [5.74, 6) is 0.911. The molecule has 7 nitrogen and oxygen atoms in total. The van der Waals surface area contributed by atoms with Gasteiger partial charge in [0.1, 0.15) is 0 Å². The van der Waals surface area contributed by atoms with E-state index in [0.29, 0.717) is 12.6 Å². The molecule has 28 heavy (non-hydrogen) atoms. The molecule has 0 radical (unpaired) electrons. The zero-order chi connectivity index (χ0) is 19.8. The van der Waals surface area contributed by atoms with Crippen LogP contribution in [0.15, 0.2) is 41.4 Å². The van der Waals surface area contributed by atoms with Crippen molar-refractivity contribution in [1.82, 2.24) is 20.9 Å². The van der Waals surface area contributed by atoms with Crippen LogP contribution in [0.1, 0.15) is 18.4 Å². The smallest absolute Gasteiger partial charge is 0.233 e. The summed E-state index contributed by atoms with van der Waals surface area (Å²) in [5.41, 5.74) is 2.50. The van der Waals surface area contributed by atoms with Crippen molar-refractivity contribution in [3.8, 4) is 0 Å². The Morgan fingerprint density at radius 1 is 1.21 bits per heavy atom. The molecule has 1 aromatic carbocycles. The van der Waals surface area contributed by atoms with Crippen molar-refractivity contribution in [2.45, 2.75) is 25.4 Å². The highest BCUT2D eigenvalue weighted by molar-refractivity contribution is 5.80. The van der Waals surface area contributed by atoms with Crippen LogP contribution < -0.4 is 20.9 Å². The SMILES string of the molecule is CN=C(NCc1cccc(N2CC=CC2)c1)NC1CCN(CC(=O)NC)CC1. The molecule has 1 aromatic rings. The molecule has 7 heteroatoms. The van der Waals surface area contributed by atoms with Crippen LogP contribution in [0.25, 0.3) is 0 Å². The summed E-state index contributed by atoms with van der Waals surface area (Å²) in [6.45, 7) is 5.04. The van der Waals surface area contributed by atoms with Crippen molar-refractivity contribution in [3.63, 3.8) is 0 Å². The molecule has 1 saturated heterocycles. The standard InChI is InChI=1S/C21H32N6O/c1-22-20(28)16-26-12-8-18(9-13-26)25-21(23-2)24-15-17-6-5-7-19(14-17)27-10-3-4-11-27/h3-7,14,18H,8-13,15-16H2,1-2H3,(H,22,28)(H2,23,24,25). The zero-order valence-electron chi connectivity index (χ0n) is 16.9. The summed E-state index contributed by atoms with van der Waals surface area (Å²) < 4.78 is 0. The average molecular weight is 385 g/mol. The molecule has 3 rings (SSSR count). The van der Waals surface area contributed by atoms with Crippen LogP contribution in [0.3, 0.4) is 0 Å². The van der Waals surface area contributed by atoms with Crippen LogP contribution in [0.5, 0.6) is 0 Å². The summed E-state index contributed by atoms with van der Waals surface area (Å²) in [6.07, 6.45) is 6.43. The van der Waals surface area contributed by atoms with Crippen LogP contribution in [0.4, 0.5) is 5.69 Å². The van der Waals surface area contributed by atoms with Gasteiger partial charge in [-0.15, -0.1) is 0 Å².